The van der Waals surface area contributed by atoms with Crippen LogP contribution in [-0.4, -0.2) is 33.0 Å². The van der Waals surface area contributed by atoms with Gasteiger partial charge in [-0.3, -0.25) is 14.3 Å². The predicted octanol–water partition coefficient (Wildman–Crippen LogP) is 1.09. The van der Waals surface area contributed by atoms with Gasteiger partial charge in [0.25, 0.3) is 0 Å². The molecule has 1 N–H and O–H groups in total. The highest BCUT2D eigenvalue weighted by atomic mass is 16.3. The third-order valence-corrected chi connectivity index (χ3v) is 3.79. The van der Waals surface area contributed by atoms with Gasteiger partial charge in [0, 0.05) is 19.7 Å². The van der Waals surface area contributed by atoms with Crippen LogP contribution in [0.1, 0.15) is 30.8 Å². The van der Waals surface area contributed by atoms with Crippen LogP contribution in [0.3, 0.4) is 0 Å². The largest absolute Gasteiger partial charge is 0.467 e. The molecule has 7 heteroatoms. The zero-order valence-electron chi connectivity index (χ0n) is 12.4. The van der Waals surface area contributed by atoms with E-state index in [2.05, 4.69) is 10.4 Å². The minimum atomic E-state index is -0.140. The van der Waals surface area contributed by atoms with Crippen molar-refractivity contribution < 1.29 is 14.0 Å². The van der Waals surface area contributed by atoms with Crippen molar-refractivity contribution in [3.63, 3.8) is 0 Å². The molecule has 3 heterocycles. The minimum Gasteiger partial charge on any atom is -0.467 e. The number of carbonyl (C=O) groups is 2. The smallest absolute Gasteiger partial charge is 0.222 e. The molecule has 0 aliphatic carbocycles. The number of nitrogens with zero attached hydrogens (tertiary/aromatic N) is 3. The number of hydrogen-bond acceptors (Lipinski definition) is 4. The van der Waals surface area contributed by atoms with Gasteiger partial charge in [-0.25, -0.2) is 0 Å². The van der Waals surface area contributed by atoms with E-state index in [1.165, 1.54) is 0 Å². The number of aromatic nitrogens is 2. The van der Waals surface area contributed by atoms with Gasteiger partial charge < -0.3 is 14.6 Å². The van der Waals surface area contributed by atoms with Gasteiger partial charge in [-0.05, 0) is 18.2 Å². The summed E-state index contributed by atoms with van der Waals surface area (Å²) in [5.41, 5.74) is 0.949. The van der Waals surface area contributed by atoms with Crippen molar-refractivity contribution in [1.82, 2.24) is 20.0 Å². The van der Waals surface area contributed by atoms with Crippen molar-refractivity contribution in [3.8, 4) is 0 Å². The second-order valence-electron chi connectivity index (χ2n) is 5.38. The Labute approximate surface area is 127 Å². The maximum Gasteiger partial charge on any atom is 0.222 e. The van der Waals surface area contributed by atoms with Gasteiger partial charge in [0.2, 0.25) is 11.8 Å². The fourth-order valence-electron chi connectivity index (χ4n) is 2.66. The summed E-state index contributed by atoms with van der Waals surface area (Å²) >= 11 is 0. The summed E-state index contributed by atoms with van der Waals surface area (Å²) in [6, 6.07) is 5.33. The summed E-state index contributed by atoms with van der Waals surface area (Å²) in [5.74, 6) is 0.629. The van der Waals surface area contributed by atoms with Crippen molar-refractivity contribution >= 4 is 11.8 Å². The first-order valence-electron chi connectivity index (χ1n) is 7.20. The number of furan rings is 1. The van der Waals surface area contributed by atoms with Gasteiger partial charge in [0.1, 0.15) is 5.76 Å². The highest BCUT2D eigenvalue weighted by Crippen LogP contribution is 2.22. The molecule has 1 aliphatic rings. The quantitative estimate of drug-likeness (QED) is 0.916. The predicted molar refractivity (Wildman–Crippen MR) is 77.5 cm³/mol. The Kier molecular flexibility index (Phi) is 3.95. The zero-order valence-corrected chi connectivity index (χ0v) is 12.4. The van der Waals surface area contributed by atoms with Gasteiger partial charge in [0.15, 0.2) is 0 Å². The maximum atomic E-state index is 12.1. The van der Waals surface area contributed by atoms with E-state index in [4.69, 9.17) is 4.42 Å². The lowest BCUT2D eigenvalue weighted by Gasteiger charge is -2.33. The summed E-state index contributed by atoms with van der Waals surface area (Å²) in [4.78, 5) is 25.5. The van der Waals surface area contributed by atoms with Crippen molar-refractivity contribution in [2.75, 3.05) is 6.54 Å². The number of rotatable bonds is 4. The van der Waals surface area contributed by atoms with E-state index >= 15 is 0 Å². The first kappa shape index (κ1) is 14.4. The normalized spacial score (nSPS) is 17.1. The SMILES string of the molecule is CC(=O)N1Cc2ccnn2C(CC(=O)NCc2ccco2)C1. The first-order chi connectivity index (χ1) is 10.6. The summed E-state index contributed by atoms with van der Waals surface area (Å²) < 4.78 is 7.02. The molecule has 3 rings (SSSR count). The third kappa shape index (κ3) is 3.03. The van der Waals surface area contributed by atoms with Gasteiger partial charge in [-0.1, -0.05) is 0 Å². The molecular formula is C15H18N4O3. The van der Waals surface area contributed by atoms with Crippen molar-refractivity contribution in [2.45, 2.75) is 32.5 Å². The van der Waals surface area contributed by atoms with E-state index in [0.29, 0.717) is 25.4 Å². The molecule has 0 fully saturated rings. The number of nitrogens with one attached hydrogen (secondary N) is 1. The topological polar surface area (TPSA) is 80.4 Å². The van der Waals surface area contributed by atoms with Gasteiger partial charge in [0.05, 0.1) is 37.5 Å². The lowest BCUT2D eigenvalue weighted by Crippen LogP contribution is -2.42. The van der Waals surface area contributed by atoms with Crippen molar-refractivity contribution in [1.29, 1.82) is 0 Å². The van der Waals surface area contributed by atoms with Crippen LogP contribution in [0.25, 0.3) is 0 Å². The molecule has 0 saturated heterocycles. The fraction of sp³-hybridized carbons (Fsp3) is 0.400. The molecule has 1 unspecified atom stereocenters. The molecule has 0 spiro atoms. The Morgan fingerprint density at radius 2 is 2.32 bits per heavy atom. The summed E-state index contributed by atoms with van der Waals surface area (Å²) in [6.07, 6.45) is 3.55. The molecule has 1 aliphatic heterocycles. The van der Waals surface area contributed by atoms with Crippen LogP contribution >= 0.6 is 0 Å². The number of fused-ring (bicyclic) bond motifs is 1. The van der Waals surface area contributed by atoms with E-state index < -0.39 is 0 Å². The van der Waals surface area contributed by atoms with Crippen LogP contribution in [0.4, 0.5) is 0 Å². The van der Waals surface area contributed by atoms with Crippen LogP contribution in [0, 0.1) is 0 Å². The van der Waals surface area contributed by atoms with E-state index in [-0.39, 0.29) is 24.3 Å². The Bertz CT molecular complexity index is 662. The Hall–Kier alpha value is -2.57. The Morgan fingerprint density at radius 1 is 1.45 bits per heavy atom. The lowest BCUT2D eigenvalue weighted by atomic mass is 10.1. The molecule has 1 atom stereocenters. The molecule has 0 bridgehead atoms. The maximum absolute atomic E-state index is 12.1. The van der Waals surface area contributed by atoms with Crippen LogP contribution in [-0.2, 0) is 22.7 Å². The molecule has 0 radical (unpaired) electrons. The average Bonchev–Trinajstić information content (AvgIpc) is 3.16. The van der Waals surface area contributed by atoms with Crippen LogP contribution < -0.4 is 5.32 Å². The standard InChI is InChI=1S/C15H18N4O3/c1-11(20)18-9-12-4-5-17-19(12)13(10-18)7-15(21)16-8-14-3-2-6-22-14/h2-6,13H,7-10H2,1H3,(H,16,21). The minimum absolute atomic E-state index is 0.00782. The molecule has 0 saturated carbocycles. The number of hydrogen-bond donors (Lipinski definition) is 1. The van der Waals surface area contributed by atoms with Gasteiger partial charge in [-0.2, -0.15) is 5.10 Å². The molecule has 116 valence electrons. The van der Waals surface area contributed by atoms with E-state index in [1.807, 2.05) is 16.8 Å². The summed E-state index contributed by atoms with van der Waals surface area (Å²) in [6.45, 7) is 2.94. The van der Waals surface area contributed by atoms with Crippen LogP contribution in [0.15, 0.2) is 35.1 Å². The second-order valence-corrected chi connectivity index (χ2v) is 5.38. The second kappa shape index (κ2) is 6.05. The molecule has 0 aromatic carbocycles. The third-order valence-electron chi connectivity index (χ3n) is 3.79. The van der Waals surface area contributed by atoms with Gasteiger partial charge >= 0.3 is 0 Å². The van der Waals surface area contributed by atoms with Crippen molar-refractivity contribution in [2.24, 2.45) is 0 Å². The van der Waals surface area contributed by atoms with Gasteiger partial charge in [-0.15, -0.1) is 0 Å². The highest BCUT2D eigenvalue weighted by Gasteiger charge is 2.28. The van der Waals surface area contributed by atoms with Crippen LogP contribution in [0.2, 0.25) is 0 Å². The molecule has 7 nitrogen and oxygen atoms in total. The molecular weight excluding hydrogens is 284 g/mol. The Balaban J connectivity index is 1.63. The van der Waals surface area contributed by atoms with E-state index in [9.17, 15) is 9.59 Å². The molecule has 2 aromatic heterocycles. The molecule has 2 aromatic rings. The summed E-state index contributed by atoms with van der Waals surface area (Å²) in [7, 11) is 0. The fourth-order valence-corrected chi connectivity index (χ4v) is 2.66. The molecule has 22 heavy (non-hydrogen) atoms. The Morgan fingerprint density at radius 3 is 3.05 bits per heavy atom. The van der Waals surface area contributed by atoms with E-state index in [1.54, 1.807) is 30.4 Å². The lowest BCUT2D eigenvalue weighted by molar-refractivity contribution is -0.132. The average molecular weight is 302 g/mol. The monoisotopic (exact) mass is 302 g/mol. The van der Waals surface area contributed by atoms with E-state index in [0.717, 1.165) is 5.69 Å². The highest BCUT2D eigenvalue weighted by molar-refractivity contribution is 5.77. The number of carbonyl (C=O) groups excluding carboxylic acids is 2. The number of amides is 2. The first-order valence-corrected chi connectivity index (χ1v) is 7.20. The molecule has 2 amide bonds. The summed E-state index contributed by atoms with van der Waals surface area (Å²) in [5, 5.41) is 7.10. The zero-order chi connectivity index (χ0) is 15.5. The van der Waals surface area contributed by atoms with Crippen molar-refractivity contribution in [3.05, 3.63) is 42.1 Å². The van der Waals surface area contributed by atoms with Crippen LogP contribution in [0.5, 0.6) is 0 Å².